The van der Waals surface area contributed by atoms with Gasteiger partial charge in [-0.3, -0.25) is 0 Å². The van der Waals surface area contributed by atoms with Gasteiger partial charge in [-0.05, 0) is 39.0 Å². The van der Waals surface area contributed by atoms with Crippen molar-refractivity contribution in [1.82, 2.24) is 4.72 Å². The second kappa shape index (κ2) is 4.65. The number of nitrogens with zero attached hydrogens (tertiary/aromatic N) is 1. The third-order valence-electron chi connectivity index (χ3n) is 1.79. The predicted octanol–water partition coefficient (Wildman–Crippen LogP) is 2.29. The molecule has 0 spiro atoms. The summed E-state index contributed by atoms with van der Waals surface area (Å²) in [5.41, 5.74) is -0.353. The monoisotopic (exact) mass is 272 g/mol. The molecule has 0 atom stereocenters. The minimum absolute atomic E-state index is 0.0758. The highest BCUT2D eigenvalue weighted by Gasteiger charge is 2.24. The van der Waals surface area contributed by atoms with Crippen LogP contribution in [0.5, 0.6) is 0 Å². The van der Waals surface area contributed by atoms with Gasteiger partial charge in [-0.15, -0.1) is 0 Å². The van der Waals surface area contributed by atoms with Crippen molar-refractivity contribution in [2.75, 3.05) is 0 Å². The lowest BCUT2D eigenvalue weighted by molar-refractivity contribution is 0.491. The van der Waals surface area contributed by atoms with Gasteiger partial charge in [0.2, 0.25) is 10.0 Å². The van der Waals surface area contributed by atoms with Crippen LogP contribution in [0.2, 0.25) is 5.02 Å². The zero-order chi connectivity index (χ0) is 13.3. The normalized spacial score (nSPS) is 12.2. The van der Waals surface area contributed by atoms with Gasteiger partial charge in [0.05, 0.1) is 16.7 Å². The molecule has 17 heavy (non-hydrogen) atoms. The molecule has 1 aromatic carbocycles. The molecule has 0 fully saturated rings. The molecule has 0 amide bonds. The topological polar surface area (TPSA) is 70.0 Å². The fourth-order valence-corrected chi connectivity index (χ4v) is 3.18. The van der Waals surface area contributed by atoms with E-state index < -0.39 is 15.6 Å². The number of rotatable bonds is 2. The van der Waals surface area contributed by atoms with Crippen molar-refractivity contribution in [2.24, 2.45) is 0 Å². The minimum Gasteiger partial charge on any atom is -0.207 e. The highest BCUT2D eigenvalue weighted by molar-refractivity contribution is 7.89. The Morgan fingerprint density at radius 2 is 1.94 bits per heavy atom. The lowest BCUT2D eigenvalue weighted by Crippen LogP contribution is -2.40. The Bertz CT molecular complexity index is 568. The van der Waals surface area contributed by atoms with Gasteiger partial charge in [0.25, 0.3) is 0 Å². The number of hydrogen-bond donors (Lipinski definition) is 1. The molecule has 4 nitrogen and oxygen atoms in total. The van der Waals surface area contributed by atoms with E-state index in [0.717, 1.165) is 0 Å². The maximum Gasteiger partial charge on any atom is 0.242 e. The second-order valence-corrected chi connectivity index (χ2v) is 6.67. The van der Waals surface area contributed by atoms with E-state index in [1.165, 1.54) is 18.2 Å². The minimum atomic E-state index is -3.71. The first kappa shape index (κ1) is 14.0. The van der Waals surface area contributed by atoms with Crippen molar-refractivity contribution in [3.63, 3.8) is 0 Å². The molecule has 6 heteroatoms. The average Bonchev–Trinajstić information content (AvgIpc) is 2.14. The fraction of sp³-hybridized carbons (Fsp3) is 0.364. The molecule has 1 N–H and O–H groups in total. The van der Waals surface area contributed by atoms with Gasteiger partial charge in [0.1, 0.15) is 4.90 Å². The van der Waals surface area contributed by atoms with Gasteiger partial charge in [0.15, 0.2) is 0 Å². The van der Waals surface area contributed by atoms with Crippen molar-refractivity contribution < 1.29 is 8.42 Å². The Morgan fingerprint density at radius 3 is 2.41 bits per heavy atom. The van der Waals surface area contributed by atoms with Crippen LogP contribution in [0.25, 0.3) is 0 Å². The van der Waals surface area contributed by atoms with Crippen LogP contribution in [0.15, 0.2) is 23.1 Å². The van der Waals surface area contributed by atoms with E-state index in [1.54, 1.807) is 20.8 Å². The number of nitrogens with one attached hydrogen (secondary N) is 1. The molecule has 0 bridgehead atoms. The molecular formula is C11H13ClN2O2S. The quantitative estimate of drug-likeness (QED) is 0.898. The number of halogens is 1. The van der Waals surface area contributed by atoms with Crippen LogP contribution in [0, 0.1) is 11.3 Å². The zero-order valence-electron chi connectivity index (χ0n) is 9.78. The SMILES string of the molecule is CC(C)(C)NS(=O)(=O)c1cc(C#N)ccc1Cl. The van der Waals surface area contributed by atoms with Crippen LogP contribution >= 0.6 is 11.6 Å². The van der Waals surface area contributed by atoms with Gasteiger partial charge in [0, 0.05) is 5.54 Å². The molecule has 0 aliphatic rings. The van der Waals surface area contributed by atoms with E-state index in [0.29, 0.717) is 0 Å². The molecule has 0 aliphatic carbocycles. The standard InChI is InChI=1S/C11H13ClN2O2S/c1-11(2,3)14-17(15,16)10-6-8(7-13)4-5-9(10)12/h4-6,14H,1-3H3. The van der Waals surface area contributed by atoms with Gasteiger partial charge < -0.3 is 0 Å². The van der Waals surface area contributed by atoms with Crippen LogP contribution in [-0.4, -0.2) is 14.0 Å². The third kappa shape index (κ3) is 3.70. The smallest absolute Gasteiger partial charge is 0.207 e. The largest absolute Gasteiger partial charge is 0.242 e. The Morgan fingerprint density at radius 1 is 1.35 bits per heavy atom. The lowest BCUT2D eigenvalue weighted by Gasteiger charge is -2.20. The molecule has 92 valence electrons. The van der Waals surface area contributed by atoms with Crippen molar-refractivity contribution >= 4 is 21.6 Å². The highest BCUT2D eigenvalue weighted by atomic mass is 35.5. The summed E-state index contributed by atoms with van der Waals surface area (Å²) >= 11 is 5.84. The average molecular weight is 273 g/mol. The molecule has 0 radical (unpaired) electrons. The Hall–Kier alpha value is -1.09. The second-order valence-electron chi connectivity index (χ2n) is 4.61. The number of nitriles is 1. The maximum absolute atomic E-state index is 12.0. The van der Waals surface area contributed by atoms with E-state index in [2.05, 4.69) is 4.72 Å². The zero-order valence-corrected chi connectivity index (χ0v) is 11.4. The summed E-state index contributed by atoms with van der Waals surface area (Å²) in [4.78, 5) is -0.0758. The Labute approximate surface area is 106 Å². The molecule has 1 aromatic rings. The molecule has 0 heterocycles. The van der Waals surface area contributed by atoms with Crippen LogP contribution in [0.3, 0.4) is 0 Å². The molecule has 0 saturated carbocycles. The Kier molecular flexibility index (Phi) is 3.82. The van der Waals surface area contributed by atoms with Crippen LogP contribution in [0.4, 0.5) is 0 Å². The summed E-state index contributed by atoms with van der Waals surface area (Å²) < 4.78 is 26.5. The van der Waals surface area contributed by atoms with Crippen molar-refractivity contribution in [3.05, 3.63) is 28.8 Å². The van der Waals surface area contributed by atoms with Crippen molar-refractivity contribution in [3.8, 4) is 6.07 Å². The summed E-state index contributed by atoms with van der Waals surface area (Å²) in [6, 6.07) is 6.01. The van der Waals surface area contributed by atoms with Crippen molar-refractivity contribution in [2.45, 2.75) is 31.2 Å². The molecule has 1 rings (SSSR count). The first-order chi connectivity index (χ1) is 7.65. The van der Waals surface area contributed by atoms with Gasteiger partial charge >= 0.3 is 0 Å². The number of hydrogen-bond acceptors (Lipinski definition) is 3. The van der Waals surface area contributed by atoms with Crippen molar-refractivity contribution in [1.29, 1.82) is 5.26 Å². The summed E-state index contributed by atoms with van der Waals surface area (Å²) in [7, 11) is -3.71. The summed E-state index contributed by atoms with van der Waals surface area (Å²) in [6.07, 6.45) is 0. The lowest BCUT2D eigenvalue weighted by atomic mass is 10.1. The van der Waals surface area contributed by atoms with Gasteiger partial charge in [-0.2, -0.15) is 5.26 Å². The summed E-state index contributed by atoms with van der Waals surface area (Å²) in [5, 5.41) is 8.84. The number of benzene rings is 1. The highest BCUT2D eigenvalue weighted by Crippen LogP contribution is 2.23. The summed E-state index contributed by atoms with van der Waals surface area (Å²) in [6.45, 7) is 5.19. The number of sulfonamides is 1. The summed E-state index contributed by atoms with van der Waals surface area (Å²) in [5.74, 6) is 0. The molecule has 0 aromatic heterocycles. The third-order valence-corrected chi connectivity index (χ3v) is 4.03. The van der Waals surface area contributed by atoms with Crippen LogP contribution in [-0.2, 0) is 10.0 Å². The molecule has 0 saturated heterocycles. The van der Waals surface area contributed by atoms with Crippen LogP contribution in [0.1, 0.15) is 26.3 Å². The maximum atomic E-state index is 12.0. The van der Waals surface area contributed by atoms with E-state index in [1.807, 2.05) is 6.07 Å². The van der Waals surface area contributed by atoms with E-state index >= 15 is 0 Å². The van der Waals surface area contributed by atoms with E-state index in [9.17, 15) is 8.42 Å². The first-order valence-electron chi connectivity index (χ1n) is 4.89. The fourth-order valence-electron chi connectivity index (χ4n) is 1.24. The first-order valence-corrected chi connectivity index (χ1v) is 6.75. The Balaban J connectivity index is 3.29. The van der Waals surface area contributed by atoms with E-state index in [-0.39, 0.29) is 15.5 Å². The molecular weight excluding hydrogens is 260 g/mol. The predicted molar refractivity (Wildman–Crippen MR) is 66.2 cm³/mol. The van der Waals surface area contributed by atoms with Gasteiger partial charge in [-0.1, -0.05) is 11.6 Å². The van der Waals surface area contributed by atoms with E-state index in [4.69, 9.17) is 16.9 Å². The van der Waals surface area contributed by atoms with Gasteiger partial charge in [-0.25, -0.2) is 13.1 Å². The molecule has 0 aliphatic heterocycles. The molecule has 0 unspecified atom stereocenters. The van der Waals surface area contributed by atoms with Crippen LogP contribution < -0.4 is 4.72 Å².